The van der Waals surface area contributed by atoms with Crippen molar-refractivity contribution < 1.29 is 13.6 Å². The van der Waals surface area contributed by atoms with Gasteiger partial charge >= 0.3 is 0 Å². The Morgan fingerprint density at radius 2 is 2.21 bits per heavy atom. The van der Waals surface area contributed by atoms with Crippen molar-refractivity contribution in [1.29, 1.82) is 0 Å². The van der Waals surface area contributed by atoms with Gasteiger partial charge < -0.3 is 11.1 Å². The van der Waals surface area contributed by atoms with Crippen LogP contribution in [0.4, 0.5) is 8.78 Å². The highest BCUT2D eigenvalue weighted by Gasteiger charge is 2.26. The fraction of sp³-hybridized carbons (Fsp3) is 0.462. The van der Waals surface area contributed by atoms with E-state index >= 15 is 0 Å². The maximum absolute atomic E-state index is 13.4. The van der Waals surface area contributed by atoms with Crippen molar-refractivity contribution in [1.82, 2.24) is 5.32 Å². The molecule has 3 N–H and O–H groups in total. The lowest BCUT2D eigenvalue weighted by molar-refractivity contribution is -0.120. The minimum atomic E-state index is -0.590. The fourth-order valence-electron chi connectivity index (χ4n) is 1.72. The summed E-state index contributed by atoms with van der Waals surface area (Å²) in [5.41, 5.74) is 5.31. The minimum absolute atomic E-state index is 0.372. The van der Waals surface area contributed by atoms with Crippen LogP contribution in [0.1, 0.15) is 19.3 Å². The highest BCUT2D eigenvalue weighted by atomic mass is 32.2. The van der Waals surface area contributed by atoms with Crippen LogP contribution in [0.15, 0.2) is 23.1 Å². The molecule has 3 nitrogen and oxygen atoms in total. The van der Waals surface area contributed by atoms with Crippen LogP contribution < -0.4 is 11.1 Å². The summed E-state index contributed by atoms with van der Waals surface area (Å²) in [7, 11) is 0. The first kappa shape index (κ1) is 14.3. The van der Waals surface area contributed by atoms with Gasteiger partial charge in [-0.05, 0) is 31.4 Å². The Bertz CT molecular complexity index is 466. The van der Waals surface area contributed by atoms with E-state index in [0.717, 1.165) is 18.9 Å². The van der Waals surface area contributed by atoms with Gasteiger partial charge in [0.2, 0.25) is 5.91 Å². The summed E-state index contributed by atoms with van der Waals surface area (Å²) in [5.74, 6) is -0.995. The first-order valence-corrected chi connectivity index (χ1v) is 7.18. The third-order valence-electron chi connectivity index (χ3n) is 2.92. The minimum Gasteiger partial charge on any atom is -0.368 e. The van der Waals surface area contributed by atoms with E-state index in [1.54, 1.807) is 0 Å². The topological polar surface area (TPSA) is 55.1 Å². The zero-order chi connectivity index (χ0) is 13.8. The van der Waals surface area contributed by atoms with Crippen molar-refractivity contribution in [3.8, 4) is 0 Å². The Morgan fingerprint density at radius 1 is 1.47 bits per heavy atom. The van der Waals surface area contributed by atoms with Crippen molar-refractivity contribution in [2.45, 2.75) is 36.2 Å². The van der Waals surface area contributed by atoms with Gasteiger partial charge in [0.15, 0.2) is 0 Å². The van der Waals surface area contributed by atoms with E-state index in [-0.39, 0.29) is 11.9 Å². The number of hydrogen-bond acceptors (Lipinski definition) is 3. The Kier molecular flexibility index (Phi) is 4.76. The second kappa shape index (κ2) is 6.34. The van der Waals surface area contributed by atoms with Crippen LogP contribution in [-0.2, 0) is 4.79 Å². The molecule has 0 aliphatic heterocycles. The summed E-state index contributed by atoms with van der Waals surface area (Å²) in [6.07, 6.45) is 2.68. The molecule has 0 aromatic heterocycles. The predicted octanol–water partition coefficient (Wildman–Crippen LogP) is 2.05. The van der Waals surface area contributed by atoms with Crippen LogP contribution in [0.2, 0.25) is 0 Å². The summed E-state index contributed by atoms with van der Waals surface area (Å²) in [6.45, 7) is 0. The SMILES string of the molecule is NC(=O)C(CCSc1ccc(F)cc1F)NC1CC1. The molecule has 1 unspecified atom stereocenters. The van der Waals surface area contributed by atoms with Gasteiger partial charge in [-0.3, -0.25) is 4.79 Å². The number of nitrogens with one attached hydrogen (secondary N) is 1. The molecule has 1 aromatic rings. The van der Waals surface area contributed by atoms with Gasteiger partial charge in [0.1, 0.15) is 11.6 Å². The molecule has 1 saturated carbocycles. The summed E-state index contributed by atoms with van der Waals surface area (Å²) in [5, 5.41) is 3.16. The van der Waals surface area contributed by atoms with Gasteiger partial charge in [-0.15, -0.1) is 11.8 Å². The second-order valence-corrected chi connectivity index (χ2v) is 5.74. The Morgan fingerprint density at radius 3 is 2.79 bits per heavy atom. The van der Waals surface area contributed by atoms with Crippen molar-refractivity contribution in [3.63, 3.8) is 0 Å². The number of hydrogen-bond donors (Lipinski definition) is 2. The van der Waals surface area contributed by atoms with Gasteiger partial charge in [-0.2, -0.15) is 0 Å². The van der Waals surface area contributed by atoms with Crippen LogP contribution >= 0.6 is 11.8 Å². The maximum Gasteiger partial charge on any atom is 0.234 e. The molecule has 0 heterocycles. The summed E-state index contributed by atoms with van der Waals surface area (Å²) in [6, 6.07) is 3.51. The van der Waals surface area contributed by atoms with Crippen molar-refractivity contribution >= 4 is 17.7 Å². The molecule has 1 atom stereocenters. The normalized spacial score (nSPS) is 16.3. The van der Waals surface area contributed by atoms with E-state index in [1.807, 2.05) is 0 Å². The molecular formula is C13H16F2N2OS. The number of primary amides is 1. The summed E-state index contributed by atoms with van der Waals surface area (Å²) < 4.78 is 26.1. The molecule has 1 aliphatic rings. The molecule has 104 valence electrons. The smallest absolute Gasteiger partial charge is 0.234 e. The molecule has 1 aromatic carbocycles. The van der Waals surface area contributed by atoms with E-state index in [2.05, 4.69) is 5.32 Å². The number of carbonyl (C=O) groups is 1. The zero-order valence-electron chi connectivity index (χ0n) is 10.4. The first-order valence-electron chi connectivity index (χ1n) is 6.19. The van der Waals surface area contributed by atoms with Crippen LogP contribution in [-0.4, -0.2) is 23.7 Å². The van der Waals surface area contributed by atoms with Gasteiger partial charge in [0.05, 0.1) is 6.04 Å². The summed E-state index contributed by atoms with van der Waals surface area (Å²) >= 11 is 1.26. The molecule has 0 saturated heterocycles. The average Bonchev–Trinajstić information content (AvgIpc) is 3.14. The van der Waals surface area contributed by atoms with E-state index < -0.39 is 11.6 Å². The number of amides is 1. The van der Waals surface area contributed by atoms with E-state index in [1.165, 1.54) is 23.9 Å². The number of thioether (sulfide) groups is 1. The van der Waals surface area contributed by atoms with Crippen LogP contribution in [0.25, 0.3) is 0 Å². The molecule has 2 rings (SSSR count). The molecule has 19 heavy (non-hydrogen) atoms. The van der Waals surface area contributed by atoms with E-state index in [9.17, 15) is 13.6 Å². The Labute approximate surface area is 114 Å². The fourth-order valence-corrected chi connectivity index (χ4v) is 2.66. The monoisotopic (exact) mass is 286 g/mol. The second-order valence-electron chi connectivity index (χ2n) is 4.61. The number of carbonyl (C=O) groups excluding carboxylic acids is 1. The highest BCUT2D eigenvalue weighted by Crippen LogP contribution is 2.24. The first-order chi connectivity index (χ1) is 9.06. The van der Waals surface area contributed by atoms with Gasteiger partial charge in [-0.1, -0.05) is 0 Å². The maximum atomic E-state index is 13.4. The van der Waals surface area contributed by atoms with Gasteiger partial charge in [0, 0.05) is 22.8 Å². The third kappa shape index (κ3) is 4.47. The molecule has 1 aliphatic carbocycles. The van der Waals surface area contributed by atoms with Crippen LogP contribution in [0.5, 0.6) is 0 Å². The highest BCUT2D eigenvalue weighted by molar-refractivity contribution is 7.99. The molecule has 1 fully saturated rings. The van der Waals surface area contributed by atoms with Crippen molar-refractivity contribution in [2.24, 2.45) is 5.73 Å². The Balaban J connectivity index is 1.82. The molecule has 1 amide bonds. The standard InChI is InChI=1S/C13H16F2N2OS/c14-8-1-4-12(10(15)7-8)19-6-5-11(13(16)18)17-9-2-3-9/h1,4,7,9,11,17H,2-3,5-6H2,(H2,16,18). The number of benzene rings is 1. The van der Waals surface area contributed by atoms with E-state index in [0.29, 0.717) is 23.1 Å². The molecule has 0 bridgehead atoms. The summed E-state index contributed by atoms with van der Waals surface area (Å²) in [4.78, 5) is 11.6. The lowest BCUT2D eigenvalue weighted by atomic mass is 10.2. The number of rotatable bonds is 7. The predicted molar refractivity (Wildman–Crippen MR) is 70.8 cm³/mol. The number of halogens is 2. The van der Waals surface area contributed by atoms with Gasteiger partial charge in [0.25, 0.3) is 0 Å². The van der Waals surface area contributed by atoms with Crippen LogP contribution in [0.3, 0.4) is 0 Å². The zero-order valence-corrected chi connectivity index (χ0v) is 11.2. The molecule has 6 heteroatoms. The average molecular weight is 286 g/mol. The third-order valence-corrected chi connectivity index (χ3v) is 4.00. The lowest BCUT2D eigenvalue weighted by Crippen LogP contribution is -2.42. The molecule has 0 spiro atoms. The molecule has 0 radical (unpaired) electrons. The molecular weight excluding hydrogens is 270 g/mol. The van der Waals surface area contributed by atoms with E-state index in [4.69, 9.17) is 5.73 Å². The van der Waals surface area contributed by atoms with Crippen LogP contribution in [0, 0.1) is 11.6 Å². The van der Waals surface area contributed by atoms with Crippen molar-refractivity contribution in [2.75, 3.05) is 5.75 Å². The quantitative estimate of drug-likeness (QED) is 0.754. The largest absolute Gasteiger partial charge is 0.368 e. The van der Waals surface area contributed by atoms with Gasteiger partial charge in [-0.25, -0.2) is 8.78 Å². The lowest BCUT2D eigenvalue weighted by Gasteiger charge is -2.14. The Hall–Kier alpha value is -1.14. The number of nitrogens with two attached hydrogens (primary N) is 1. The van der Waals surface area contributed by atoms with Crippen molar-refractivity contribution in [3.05, 3.63) is 29.8 Å².